The van der Waals surface area contributed by atoms with Crippen LogP contribution in [0.25, 0.3) is 0 Å². The number of hydroxylamine groups is 2. The summed E-state index contributed by atoms with van der Waals surface area (Å²) in [5.74, 6) is 0.193. The number of carbonyl (C=O) groups is 1. The first kappa shape index (κ1) is 18.8. The first-order valence-corrected chi connectivity index (χ1v) is 5.52. The van der Waals surface area contributed by atoms with E-state index in [9.17, 15) is 4.79 Å². The normalized spacial score (nSPS) is 16.8. The first-order chi connectivity index (χ1) is 7.15. The molecule has 16 heavy (non-hydrogen) atoms. The van der Waals surface area contributed by atoms with Gasteiger partial charge in [0.1, 0.15) is 0 Å². The standard InChI is InChI=1S/C9H17N2O2.C2H6.Y/c1-10-6-4-8(5-7-10)9(12)11(2)13-3;1-2;/h8H,1,4-7H2,2-3H3;1-2H3;/q-1;;. The first-order valence-electron chi connectivity index (χ1n) is 5.52. The van der Waals surface area contributed by atoms with Crippen LogP contribution < -0.4 is 0 Å². The fraction of sp³-hybridized carbons (Fsp3) is 0.818. The zero-order valence-electron chi connectivity index (χ0n) is 10.9. The summed E-state index contributed by atoms with van der Waals surface area (Å²) < 4.78 is 0. The molecule has 1 rings (SSSR count). The van der Waals surface area contributed by atoms with E-state index in [-0.39, 0.29) is 44.5 Å². The van der Waals surface area contributed by atoms with Crippen LogP contribution in [-0.4, -0.2) is 43.1 Å². The summed E-state index contributed by atoms with van der Waals surface area (Å²) in [6.07, 6.45) is 1.77. The Balaban J connectivity index is 0. The molecule has 1 heterocycles. The van der Waals surface area contributed by atoms with Crippen LogP contribution in [0.4, 0.5) is 0 Å². The van der Waals surface area contributed by atoms with E-state index in [1.54, 1.807) is 7.05 Å². The van der Waals surface area contributed by atoms with Gasteiger partial charge in [-0.3, -0.25) is 16.7 Å². The maximum Gasteiger partial charge on any atom is 0.249 e. The maximum atomic E-state index is 11.6. The molecule has 0 aliphatic carbocycles. The van der Waals surface area contributed by atoms with Gasteiger partial charge in [-0.1, -0.05) is 13.8 Å². The van der Waals surface area contributed by atoms with Gasteiger partial charge in [-0.05, 0) is 25.9 Å². The molecule has 0 atom stereocenters. The van der Waals surface area contributed by atoms with E-state index in [0.717, 1.165) is 25.9 Å². The van der Waals surface area contributed by atoms with Crippen LogP contribution in [0.15, 0.2) is 0 Å². The van der Waals surface area contributed by atoms with Crippen LogP contribution in [0.2, 0.25) is 0 Å². The number of nitrogens with zero attached hydrogens (tertiary/aromatic N) is 2. The molecule has 0 unspecified atom stereocenters. The molecule has 0 bridgehead atoms. The smallest absolute Gasteiger partial charge is 0.249 e. The predicted molar refractivity (Wildman–Crippen MR) is 60.8 cm³/mol. The Bertz CT molecular complexity index is 183. The number of amides is 1. The zero-order chi connectivity index (χ0) is 11.8. The van der Waals surface area contributed by atoms with Crippen molar-refractivity contribution in [3.8, 4) is 0 Å². The zero-order valence-corrected chi connectivity index (χ0v) is 13.7. The van der Waals surface area contributed by atoms with Crippen LogP contribution in [0.5, 0.6) is 0 Å². The van der Waals surface area contributed by atoms with Gasteiger partial charge in [0.25, 0.3) is 0 Å². The van der Waals surface area contributed by atoms with Crippen molar-refractivity contribution in [1.29, 1.82) is 0 Å². The SMILES string of the molecule is CC.[CH2-]N1CCC(C(=O)N(C)OC)CC1.[Y]. The van der Waals surface area contributed by atoms with Crippen molar-refractivity contribution >= 4 is 5.91 Å². The molecule has 0 aromatic rings. The molecule has 1 amide bonds. The van der Waals surface area contributed by atoms with E-state index in [2.05, 4.69) is 7.05 Å². The molecule has 1 aliphatic heterocycles. The van der Waals surface area contributed by atoms with E-state index in [0.29, 0.717) is 0 Å². The van der Waals surface area contributed by atoms with Crippen LogP contribution in [-0.2, 0) is 42.3 Å². The topological polar surface area (TPSA) is 32.8 Å². The second kappa shape index (κ2) is 10.6. The van der Waals surface area contributed by atoms with Gasteiger partial charge in [0.05, 0.1) is 7.11 Å². The van der Waals surface area contributed by atoms with Crippen LogP contribution in [0.3, 0.4) is 0 Å². The molecule has 1 aliphatic rings. The van der Waals surface area contributed by atoms with Crippen LogP contribution >= 0.6 is 0 Å². The molecular formula is C11H23N2O2Y-. The molecule has 0 saturated carbocycles. The molecule has 93 valence electrons. The molecule has 5 heteroatoms. The number of carbonyl (C=O) groups excluding carboxylic acids is 1. The summed E-state index contributed by atoms with van der Waals surface area (Å²) in [4.78, 5) is 18.4. The molecule has 0 aromatic heterocycles. The Kier molecular flexibility index (Phi) is 12.5. The largest absolute Gasteiger partial charge is 0.459 e. The fourth-order valence-corrected chi connectivity index (χ4v) is 1.53. The maximum absolute atomic E-state index is 11.6. The Morgan fingerprint density at radius 3 is 2.19 bits per heavy atom. The average Bonchev–Trinajstić information content (AvgIpc) is 2.31. The molecule has 1 radical (unpaired) electrons. The number of piperidine rings is 1. The predicted octanol–water partition coefficient (Wildman–Crippen LogP) is 1.53. The van der Waals surface area contributed by atoms with Gasteiger partial charge in [-0.2, -0.15) is 0 Å². The van der Waals surface area contributed by atoms with Gasteiger partial charge in [0.2, 0.25) is 5.91 Å². The summed E-state index contributed by atoms with van der Waals surface area (Å²) in [5.41, 5.74) is 0. The minimum Gasteiger partial charge on any atom is -0.459 e. The van der Waals surface area contributed by atoms with E-state index >= 15 is 0 Å². The third-order valence-electron chi connectivity index (χ3n) is 2.52. The Morgan fingerprint density at radius 1 is 1.38 bits per heavy atom. The quantitative estimate of drug-likeness (QED) is 0.573. The molecule has 0 spiro atoms. The van der Waals surface area contributed by atoms with E-state index < -0.39 is 0 Å². The van der Waals surface area contributed by atoms with Crippen molar-refractivity contribution in [2.45, 2.75) is 26.7 Å². The summed E-state index contributed by atoms with van der Waals surface area (Å²) in [6.45, 7) is 5.79. The van der Waals surface area contributed by atoms with Gasteiger partial charge in [0.15, 0.2) is 0 Å². The third-order valence-corrected chi connectivity index (χ3v) is 2.52. The van der Waals surface area contributed by atoms with Crippen molar-refractivity contribution in [3.05, 3.63) is 7.05 Å². The summed E-state index contributed by atoms with van der Waals surface area (Å²) >= 11 is 0. The van der Waals surface area contributed by atoms with Crippen molar-refractivity contribution in [2.24, 2.45) is 5.92 Å². The van der Waals surface area contributed by atoms with Crippen molar-refractivity contribution in [3.63, 3.8) is 0 Å². The Hall–Kier alpha value is 0.494. The van der Waals surface area contributed by atoms with Gasteiger partial charge in [-0.15, -0.1) is 0 Å². The number of hydrogen-bond donors (Lipinski definition) is 0. The van der Waals surface area contributed by atoms with Gasteiger partial charge < -0.3 is 4.90 Å². The molecule has 4 nitrogen and oxygen atoms in total. The van der Waals surface area contributed by atoms with E-state index in [1.165, 1.54) is 12.2 Å². The fourth-order valence-electron chi connectivity index (χ4n) is 1.53. The van der Waals surface area contributed by atoms with Gasteiger partial charge in [0, 0.05) is 45.7 Å². The Morgan fingerprint density at radius 2 is 1.81 bits per heavy atom. The van der Waals surface area contributed by atoms with Crippen molar-refractivity contribution in [2.75, 3.05) is 27.2 Å². The number of hydrogen-bond acceptors (Lipinski definition) is 3. The molecule has 0 N–H and O–H groups in total. The van der Waals surface area contributed by atoms with E-state index in [4.69, 9.17) is 4.84 Å². The molecule has 1 saturated heterocycles. The summed E-state index contributed by atoms with van der Waals surface area (Å²) in [6, 6.07) is 0. The van der Waals surface area contributed by atoms with Crippen molar-refractivity contribution < 1.29 is 42.3 Å². The molecule has 1 fully saturated rings. The van der Waals surface area contributed by atoms with Crippen LogP contribution in [0.1, 0.15) is 26.7 Å². The van der Waals surface area contributed by atoms with Crippen LogP contribution in [0, 0.1) is 13.0 Å². The third kappa shape index (κ3) is 6.28. The average molecular weight is 304 g/mol. The number of likely N-dealkylation sites (tertiary alicyclic amines) is 1. The van der Waals surface area contributed by atoms with Gasteiger partial charge >= 0.3 is 0 Å². The van der Waals surface area contributed by atoms with Gasteiger partial charge in [-0.25, -0.2) is 5.06 Å². The molecule has 0 aromatic carbocycles. The minimum absolute atomic E-state index is 0. The monoisotopic (exact) mass is 304 g/mol. The second-order valence-corrected chi connectivity index (χ2v) is 3.41. The molecular weight excluding hydrogens is 281 g/mol. The Labute approximate surface area is 125 Å². The minimum atomic E-state index is 0. The number of rotatable bonds is 2. The second-order valence-electron chi connectivity index (χ2n) is 3.41. The van der Waals surface area contributed by atoms with Crippen molar-refractivity contribution in [1.82, 2.24) is 9.96 Å². The summed E-state index contributed by atoms with van der Waals surface area (Å²) in [5, 5.41) is 1.31. The van der Waals surface area contributed by atoms with E-state index in [1.807, 2.05) is 18.7 Å². The summed E-state index contributed by atoms with van der Waals surface area (Å²) in [7, 11) is 6.99.